The van der Waals surface area contributed by atoms with Crippen molar-refractivity contribution in [2.75, 3.05) is 0 Å². The lowest BCUT2D eigenvalue weighted by Gasteiger charge is -1.98. The van der Waals surface area contributed by atoms with Crippen molar-refractivity contribution in [3.63, 3.8) is 0 Å². The van der Waals surface area contributed by atoms with Crippen LogP contribution in [0.15, 0.2) is 48.1 Å². The van der Waals surface area contributed by atoms with E-state index in [4.69, 9.17) is 0 Å². The third kappa shape index (κ3) is 3.50. The molecule has 0 spiro atoms. The molecule has 0 saturated heterocycles. The Kier molecular flexibility index (Phi) is 4.71. The van der Waals surface area contributed by atoms with Gasteiger partial charge in [0.1, 0.15) is 5.82 Å². The molecule has 1 heteroatoms. The van der Waals surface area contributed by atoms with Crippen LogP contribution in [0.5, 0.6) is 0 Å². The zero-order chi connectivity index (χ0) is 12.0. The van der Waals surface area contributed by atoms with Gasteiger partial charge in [-0.1, -0.05) is 36.4 Å². The lowest BCUT2D eigenvalue weighted by Crippen LogP contribution is -1.82. The first-order valence-electron chi connectivity index (χ1n) is 5.40. The fourth-order valence-electron chi connectivity index (χ4n) is 1.40. The molecule has 0 amide bonds. The summed E-state index contributed by atoms with van der Waals surface area (Å²) in [5.74, 6) is -0.156. The maximum Gasteiger partial charge on any atom is 0.126 e. The Morgan fingerprint density at radius 2 is 1.94 bits per heavy atom. The molecule has 0 aromatic heterocycles. The van der Waals surface area contributed by atoms with Crippen LogP contribution in [-0.4, -0.2) is 0 Å². The van der Waals surface area contributed by atoms with E-state index in [9.17, 15) is 4.39 Å². The minimum Gasteiger partial charge on any atom is -0.207 e. The fourth-order valence-corrected chi connectivity index (χ4v) is 1.40. The zero-order valence-electron chi connectivity index (χ0n) is 10.00. The van der Waals surface area contributed by atoms with Crippen molar-refractivity contribution in [2.45, 2.75) is 20.8 Å². The molecule has 16 heavy (non-hydrogen) atoms. The lowest BCUT2D eigenvalue weighted by molar-refractivity contribution is 0.618. The van der Waals surface area contributed by atoms with Crippen molar-refractivity contribution in [3.8, 4) is 0 Å². The van der Waals surface area contributed by atoms with Crippen LogP contribution in [0, 0.1) is 12.7 Å². The summed E-state index contributed by atoms with van der Waals surface area (Å²) in [7, 11) is 0. The van der Waals surface area contributed by atoms with Gasteiger partial charge in [-0.2, -0.15) is 0 Å². The SMILES string of the molecule is C\C=C/C(/C=C\c1ccc(F)c(C)c1)=C\C. The average molecular weight is 216 g/mol. The molecule has 0 saturated carbocycles. The van der Waals surface area contributed by atoms with E-state index in [1.165, 1.54) is 6.07 Å². The Bertz CT molecular complexity index is 437. The van der Waals surface area contributed by atoms with Gasteiger partial charge in [0, 0.05) is 0 Å². The molecule has 0 heterocycles. The van der Waals surface area contributed by atoms with Crippen molar-refractivity contribution >= 4 is 6.08 Å². The van der Waals surface area contributed by atoms with Crippen LogP contribution in [-0.2, 0) is 0 Å². The molecular weight excluding hydrogens is 199 g/mol. The van der Waals surface area contributed by atoms with E-state index >= 15 is 0 Å². The van der Waals surface area contributed by atoms with Gasteiger partial charge in [-0.05, 0) is 49.6 Å². The Morgan fingerprint density at radius 1 is 1.19 bits per heavy atom. The number of halogens is 1. The molecule has 1 rings (SSSR count). The van der Waals surface area contributed by atoms with Gasteiger partial charge in [0.05, 0.1) is 0 Å². The minimum atomic E-state index is -0.156. The predicted octanol–water partition coefficient (Wildman–Crippen LogP) is 4.67. The number of rotatable bonds is 3. The molecule has 0 fully saturated rings. The van der Waals surface area contributed by atoms with Crippen LogP contribution >= 0.6 is 0 Å². The molecule has 0 aliphatic carbocycles. The minimum absolute atomic E-state index is 0.156. The fraction of sp³-hybridized carbons (Fsp3) is 0.200. The Morgan fingerprint density at radius 3 is 2.50 bits per heavy atom. The van der Waals surface area contributed by atoms with Gasteiger partial charge in [0.2, 0.25) is 0 Å². The highest BCUT2D eigenvalue weighted by Gasteiger charge is 1.95. The molecular formula is C15H17F. The lowest BCUT2D eigenvalue weighted by atomic mass is 10.1. The third-order valence-corrected chi connectivity index (χ3v) is 2.34. The molecule has 1 aromatic carbocycles. The van der Waals surface area contributed by atoms with E-state index in [-0.39, 0.29) is 5.82 Å². The van der Waals surface area contributed by atoms with Gasteiger partial charge in [0.15, 0.2) is 0 Å². The first-order chi connectivity index (χ1) is 7.67. The largest absolute Gasteiger partial charge is 0.207 e. The van der Waals surface area contributed by atoms with Crippen LogP contribution in [0.4, 0.5) is 4.39 Å². The highest BCUT2D eigenvalue weighted by atomic mass is 19.1. The van der Waals surface area contributed by atoms with E-state index in [2.05, 4.69) is 0 Å². The summed E-state index contributed by atoms with van der Waals surface area (Å²) in [6.45, 7) is 5.75. The van der Waals surface area contributed by atoms with E-state index in [0.717, 1.165) is 11.1 Å². The highest BCUT2D eigenvalue weighted by molar-refractivity contribution is 5.55. The zero-order valence-corrected chi connectivity index (χ0v) is 10.00. The first kappa shape index (κ1) is 12.4. The number of hydrogen-bond acceptors (Lipinski definition) is 0. The Labute approximate surface area is 96.8 Å². The maximum absolute atomic E-state index is 13.0. The number of aryl methyl sites for hydroxylation is 1. The summed E-state index contributed by atoms with van der Waals surface area (Å²) in [6.07, 6.45) is 10.1. The van der Waals surface area contributed by atoms with Crippen LogP contribution in [0.3, 0.4) is 0 Å². The van der Waals surface area contributed by atoms with Crippen LogP contribution in [0.2, 0.25) is 0 Å². The standard InChI is InChI=1S/C15H17F/c1-4-6-13(5-2)7-8-14-9-10-15(16)12(3)11-14/h4-11H,1-3H3/b6-4-,8-7-,13-5+. The van der Waals surface area contributed by atoms with Gasteiger partial charge in [-0.15, -0.1) is 0 Å². The average Bonchev–Trinajstić information content (AvgIpc) is 2.28. The van der Waals surface area contributed by atoms with Gasteiger partial charge >= 0.3 is 0 Å². The first-order valence-corrected chi connectivity index (χ1v) is 5.40. The van der Waals surface area contributed by atoms with Crippen LogP contribution in [0.25, 0.3) is 6.08 Å². The smallest absolute Gasteiger partial charge is 0.126 e. The second-order valence-corrected chi connectivity index (χ2v) is 3.63. The monoisotopic (exact) mass is 216 g/mol. The third-order valence-electron chi connectivity index (χ3n) is 2.34. The van der Waals surface area contributed by atoms with E-state index < -0.39 is 0 Å². The van der Waals surface area contributed by atoms with E-state index in [0.29, 0.717) is 5.56 Å². The summed E-state index contributed by atoms with van der Waals surface area (Å²) in [6, 6.07) is 5.12. The molecule has 0 unspecified atom stereocenters. The molecule has 0 aliphatic rings. The topological polar surface area (TPSA) is 0 Å². The van der Waals surface area contributed by atoms with Gasteiger partial charge < -0.3 is 0 Å². The molecule has 0 aliphatic heterocycles. The van der Waals surface area contributed by atoms with Crippen LogP contribution in [0.1, 0.15) is 25.0 Å². The molecule has 0 atom stereocenters. The second-order valence-electron chi connectivity index (χ2n) is 3.63. The Hall–Kier alpha value is -1.63. The van der Waals surface area contributed by atoms with Crippen molar-refractivity contribution in [2.24, 2.45) is 0 Å². The summed E-state index contributed by atoms with van der Waals surface area (Å²) in [5, 5.41) is 0. The summed E-state index contributed by atoms with van der Waals surface area (Å²) in [5.41, 5.74) is 2.84. The van der Waals surface area contributed by atoms with E-state index in [1.54, 1.807) is 13.0 Å². The summed E-state index contributed by atoms with van der Waals surface area (Å²) < 4.78 is 13.0. The van der Waals surface area contributed by atoms with Crippen LogP contribution < -0.4 is 0 Å². The number of allylic oxidation sites excluding steroid dienone is 5. The molecule has 0 bridgehead atoms. The maximum atomic E-state index is 13.0. The molecule has 0 N–H and O–H groups in total. The molecule has 84 valence electrons. The van der Waals surface area contributed by atoms with Gasteiger partial charge in [-0.25, -0.2) is 4.39 Å². The van der Waals surface area contributed by atoms with Crippen molar-refractivity contribution < 1.29 is 4.39 Å². The second kappa shape index (κ2) is 6.06. The predicted molar refractivity (Wildman–Crippen MR) is 68.7 cm³/mol. The molecule has 0 radical (unpaired) electrons. The summed E-state index contributed by atoms with van der Waals surface area (Å²) >= 11 is 0. The molecule has 1 aromatic rings. The highest BCUT2D eigenvalue weighted by Crippen LogP contribution is 2.12. The number of benzene rings is 1. The van der Waals surface area contributed by atoms with Crippen molar-refractivity contribution in [1.29, 1.82) is 0 Å². The quantitative estimate of drug-likeness (QED) is 0.644. The van der Waals surface area contributed by atoms with Gasteiger partial charge in [0.25, 0.3) is 0 Å². The number of hydrogen-bond donors (Lipinski definition) is 0. The summed E-state index contributed by atoms with van der Waals surface area (Å²) in [4.78, 5) is 0. The van der Waals surface area contributed by atoms with Gasteiger partial charge in [-0.3, -0.25) is 0 Å². The Balaban J connectivity index is 2.87. The van der Waals surface area contributed by atoms with Crippen molar-refractivity contribution in [3.05, 3.63) is 65.0 Å². The normalized spacial score (nSPS) is 12.9. The van der Waals surface area contributed by atoms with E-state index in [1.807, 2.05) is 50.3 Å². The molecule has 0 nitrogen and oxygen atoms in total. The van der Waals surface area contributed by atoms with Crippen molar-refractivity contribution in [1.82, 2.24) is 0 Å².